The van der Waals surface area contributed by atoms with Crippen molar-refractivity contribution < 1.29 is 4.79 Å². The molecule has 0 aliphatic heterocycles. The van der Waals surface area contributed by atoms with Gasteiger partial charge in [0.25, 0.3) is 0 Å². The summed E-state index contributed by atoms with van der Waals surface area (Å²) in [5.41, 5.74) is 3.44. The Hall–Kier alpha value is -1.95. The zero-order chi connectivity index (χ0) is 23.2. The van der Waals surface area contributed by atoms with Crippen LogP contribution in [0.1, 0.15) is 66.5 Å². The third kappa shape index (κ3) is 4.43. The van der Waals surface area contributed by atoms with Crippen molar-refractivity contribution in [2.75, 3.05) is 11.1 Å². The smallest absolute Gasteiger partial charge is 0.235 e. The van der Waals surface area contributed by atoms with Crippen molar-refractivity contribution in [1.82, 2.24) is 9.97 Å². The summed E-state index contributed by atoms with van der Waals surface area (Å²) >= 11 is 4.84. The number of hydrogen-bond donors (Lipinski definition) is 1. The molecule has 0 radical (unpaired) electrons. The first-order chi connectivity index (χ1) is 15.8. The number of carbonyl (C=O) groups is 1. The van der Waals surface area contributed by atoms with Crippen LogP contribution in [0, 0.1) is 22.7 Å². The maximum absolute atomic E-state index is 12.9. The van der Waals surface area contributed by atoms with E-state index < -0.39 is 0 Å². The fourth-order valence-electron chi connectivity index (χ4n) is 5.00. The molecule has 33 heavy (non-hydrogen) atoms. The molecule has 3 aromatic rings. The van der Waals surface area contributed by atoms with E-state index in [-0.39, 0.29) is 17.1 Å². The molecule has 2 aliphatic carbocycles. The molecule has 1 N–H and O–H groups in total. The van der Waals surface area contributed by atoms with Gasteiger partial charge in [-0.3, -0.25) is 4.79 Å². The molecule has 1 atom stereocenters. The van der Waals surface area contributed by atoms with Gasteiger partial charge in [0.2, 0.25) is 5.91 Å². The third-order valence-electron chi connectivity index (χ3n) is 6.91. The molecule has 0 bridgehead atoms. The molecule has 0 saturated heterocycles. The average Bonchev–Trinajstić information content (AvgIpc) is 3.34. The Morgan fingerprint density at radius 3 is 2.79 bits per heavy atom. The third-order valence-corrected chi connectivity index (χ3v) is 10.3. The SMILES string of the molecule is CC(C)(C)[C@H]1CCc2c(sc(NC(=O)CSc3ncnc4sc5c(c34)CCCC5)c2C#N)C1. The number of thioether (sulfide) groups is 1. The Balaban J connectivity index is 1.31. The van der Waals surface area contributed by atoms with Crippen molar-refractivity contribution in [3.8, 4) is 6.07 Å². The highest BCUT2D eigenvalue weighted by Crippen LogP contribution is 2.44. The topological polar surface area (TPSA) is 78.7 Å². The summed E-state index contributed by atoms with van der Waals surface area (Å²) in [6, 6.07) is 2.36. The van der Waals surface area contributed by atoms with Gasteiger partial charge in [0, 0.05) is 15.1 Å². The number of carbonyl (C=O) groups excluding carboxylic acids is 1. The van der Waals surface area contributed by atoms with Crippen LogP contribution in [0.25, 0.3) is 10.2 Å². The second-order valence-electron chi connectivity index (χ2n) is 10.0. The monoisotopic (exact) mass is 496 g/mol. The second kappa shape index (κ2) is 9.01. The molecular formula is C25H28N4OS3. The predicted octanol–water partition coefficient (Wildman–Crippen LogP) is 6.39. The summed E-state index contributed by atoms with van der Waals surface area (Å²) in [5.74, 6) is 0.791. The molecular weight excluding hydrogens is 469 g/mol. The maximum Gasteiger partial charge on any atom is 0.235 e. The van der Waals surface area contributed by atoms with E-state index in [1.54, 1.807) is 29.0 Å². The summed E-state index contributed by atoms with van der Waals surface area (Å²) in [6.07, 6.45) is 9.25. The Bertz CT molecular complexity index is 1260. The van der Waals surface area contributed by atoms with Crippen molar-refractivity contribution in [3.05, 3.63) is 32.8 Å². The molecule has 1 amide bonds. The minimum Gasteiger partial charge on any atom is -0.316 e. The van der Waals surface area contributed by atoms with E-state index >= 15 is 0 Å². The number of nitriles is 1. The van der Waals surface area contributed by atoms with Crippen LogP contribution in [-0.4, -0.2) is 21.6 Å². The van der Waals surface area contributed by atoms with Crippen LogP contribution in [0.15, 0.2) is 11.4 Å². The number of rotatable bonds is 4. The number of aromatic nitrogens is 2. The number of aryl methyl sites for hydroxylation is 2. The Morgan fingerprint density at radius 1 is 1.18 bits per heavy atom. The van der Waals surface area contributed by atoms with Gasteiger partial charge in [-0.05, 0) is 67.4 Å². The summed E-state index contributed by atoms with van der Waals surface area (Å²) in [6.45, 7) is 6.86. The van der Waals surface area contributed by atoms with Crippen molar-refractivity contribution in [3.63, 3.8) is 0 Å². The van der Waals surface area contributed by atoms with Gasteiger partial charge in [-0.15, -0.1) is 22.7 Å². The van der Waals surface area contributed by atoms with E-state index in [0.717, 1.165) is 52.9 Å². The lowest BCUT2D eigenvalue weighted by Gasteiger charge is -2.33. The zero-order valence-corrected chi connectivity index (χ0v) is 21.7. The van der Waals surface area contributed by atoms with Crippen molar-refractivity contribution in [2.45, 2.75) is 70.7 Å². The highest BCUT2D eigenvalue weighted by Gasteiger charge is 2.32. The van der Waals surface area contributed by atoms with E-state index in [0.29, 0.717) is 16.5 Å². The van der Waals surface area contributed by atoms with Gasteiger partial charge in [-0.25, -0.2) is 9.97 Å². The average molecular weight is 497 g/mol. The van der Waals surface area contributed by atoms with Crippen LogP contribution in [0.2, 0.25) is 0 Å². The van der Waals surface area contributed by atoms with Gasteiger partial charge in [0.1, 0.15) is 27.3 Å². The lowest BCUT2D eigenvalue weighted by Crippen LogP contribution is -2.26. The van der Waals surface area contributed by atoms with E-state index in [1.807, 2.05) is 0 Å². The Labute approximate surface area is 207 Å². The largest absolute Gasteiger partial charge is 0.316 e. The van der Waals surface area contributed by atoms with Crippen LogP contribution >= 0.6 is 34.4 Å². The first-order valence-corrected chi connectivity index (χ1v) is 14.2. The Morgan fingerprint density at radius 2 is 2.00 bits per heavy atom. The minimum absolute atomic E-state index is 0.0849. The number of nitrogens with zero attached hydrogens (tertiary/aromatic N) is 3. The lowest BCUT2D eigenvalue weighted by molar-refractivity contribution is -0.113. The van der Waals surface area contributed by atoms with Gasteiger partial charge in [0.15, 0.2) is 0 Å². The summed E-state index contributed by atoms with van der Waals surface area (Å²) < 4.78 is 0. The second-order valence-corrected chi connectivity index (χ2v) is 13.2. The fourth-order valence-corrected chi connectivity index (χ4v) is 8.41. The van der Waals surface area contributed by atoms with Crippen molar-refractivity contribution in [1.29, 1.82) is 5.26 Å². The molecule has 0 aromatic carbocycles. The van der Waals surface area contributed by atoms with Gasteiger partial charge in [0.05, 0.1) is 11.3 Å². The molecule has 0 fully saturated rings. The first-order valence-electron chi connectivity index (χ1n) is 11.6. The molecule has 8 heteroatoms. The van der Waals surface area contributed by atoms with Gasteiger partial charge in [-0.1, -0.05) is 32.5 Å². The zero-order valence-electron chi connectivity index (χ0n) is 19.3. The van der Waals surface area contributed by atoms with E-state index in [4.69, 9.17) is 0 Å². The van der Waals surface area contributed by atoms with Gasteiger partial charge < -0.3 is 5.32 Å². The number of anilines is 1. The molecule has 5 nitrogen and oxygen atoms in total. The number of nitrogens with one attached hydrogen (secondary N) is 1. The van der Waals surface area contributed by atoms with Crippen molar-refractivity contribution >= 4 is 55.6 Å². The maximum atomic E-state index is 12.9. The fraction of sp³-hybridized carbons (Fsp3) is 0.520. The number of hydrogen-bond acceptors (Lipinski definition) is 7. The number of fused-ring (bicyclic) bond motifs is 4. The minimum atomic E-state index is -0.0849. The molecule has 3 heterocycles. The summed E-state index contributed by atoms with van der Waals surface area (Å²) in [7, 11) is 0. The van der Waals surface area contributed by atoms with Crippen LogP contribution in [0.5, 0.6) is 0 Å². The van der Waals surface area contributed by atoms with Crippen LogP contribution in [0.4, 0.5) is 5.00 Å². The van der Waals surface area contributed by atoms with Gasteiger partial charge in [-0.2, -0.15) is 5.26 Å². The van der Waals surface area contributed by atoms with Gasteiger partial charge >= 0.3 is 0 Å². The molecule has 2 aliphatic rings. The summed E-state index contributed by atoms with van der Waals surface area (Å²) in [4.78, 5) is 25.6. The van der Waals surface area contributed by atoms with Crippen molar-refractivity contribution in [2.24, 2.45) is 11.3 Å². The highest BCUT2D eigenvalue weighted by atomic mass is 32.2. The molecule has 3 aromatic heterocycles. The van der Waals surface area contributed by atoms with Crippen LogP contribution in [-0.2, 0) is 30.5 Å². The molecule has 0 spiro atoms. The van der Waals surface area contributed by atoms with Crippen LogP contribution < -0.4 is 5.32 Å². The molecule has 0 unspecified atom stereocenters. The molecule has 0 saturated carbocycles. The number of amides is 1. The standard InChI is InChI=1S/C25H28N4OS3/c1-25(2,3)14-8-9-15-17(11-26)22(33-19(15)10-14)29-20(30)12-31-23-21-16-6-4-5-7-18(16)32-24(21)28-13-27-23/h13-14H,4-10,12H2,1-3H3,(H,29,30)/t14-/m0/s1. The Kier molecular flexibility index (Phi) is 6.23. The lowest BCUT2D eigenvalue weighted by atomic mass is 9.72. The predicted molar refractivity (Wildman–Crippen MR) is 137 cm³/mol. The molecule has 5 rings (SSSR count). The highest BCUT2D eigenvalue weighted by molar-refractivity contribution is 8.00. The van der Waals surface area contributed by atoms with E-state index in [9.17, 15) is 10.1 Å². The van der Waals surface area contributed by atoms with E-state index in [2.05, 4.69) is 42.1 Å². The molecule has 172 valence electrons. The van der Waals surface area contributed by atoms with Crippen LogP contribution in [0.3, 0.4) is 0 Å². The first kappa shape index (κ1) is 22.8. The number of thiophene rings is 2. The quantitative estimate of drug-likeness (QED) is 0.335. The normalized spacial score (nSPS) is 17.9. The summed E-state index contributed by atoms with van der Waals surface area (Å²) in [5, 5.41) is 15.6. The van der Waals surface area contributed by atoms with E-state index in [1.165, 1.54) is 39.9 Å².